The molecule has 130 valence electrons. The van der Waals surface area contributed by atoms with Gasteiger partial charge in [-0.3, -0.25) is 0 Å². The topological polar surface area (TPSA) is 84.4 Å². The Morgan fingerprint density at radius 3 is 2.50 bits per heavy atom. The SMILES string of the molecule is COc1ccc(S(=O)(=O)NCc2ccnc(N(C)C)n2)c(C)c1C. The van der Waals surface area contributed by atoms with Crippen molar-refractivity contribution in [2.24, 2.45) is 0 Å². The molecule has 0 bridgehead atoms. The summed E-state index contributed by atoms with van der Waals surface area (Å²) in [6.45, 7) is 3.69. The lowest BCUT2D eigenvalue weighted by atomic mass is 10.1. The molecule has 0 aliphatic rings. The second kappa shape index (κ2) is 7.14. The van der Waals surface area contributed by atoms with E-state index in [1.807, 2.05) is 21.0 Å². The summed E-state index contributed by atoms with van der Waals surface area (Å²) in [7, 11) is 1.56. The fraction of sp³-hybridized carbons (Fsp3) is 0.375. The van der Waals surface area contributed by atoms with Gasteiger partial charge in [0.2, 0.25) is 16.0 Å². The van der Waals surface area contributed by atoms with Gasteiger partial charge in [-0.2, -0.15) is 0 Å². The van der Waals surface area contributed by atoms with E-state index >= 15 is 0 Å². The summed E-state index contributed by atoms with van der Waals surface area (Å²) in [4.78, 5) is 10.4. The van der Waals surface area contributed by atoms with Crippen LogP contribution in [0, 0.1) is 13.8 Å². The average Bonchev–Trinajstić information content (AvgIpc) is 2.55. The van der Waals surface area contributed by atoms with E-state index in [0.717, 1.165) is 5.56 Å². The van der Waals surface area contributed by atoms with Crippen LogP contribution in [0.3, 0.4) is 0 Å². The highest BCUT2D eigenvalue weighted by Crippen LogP contribution is 2.26. The van der Waals surface area contributed by atoms with Gasteiger partial charge in [-0.1, -0.05) is 0 Å². The molecule has 0 aliphatic heterocycles. The van der Waals surface area contributed by atoms with E-state index < -0.39 is 10.0 Å². The number of nitrogens with one attached hydrogen (secondary N) is 1. The van der Waals surface area contributed by atoms with Crippen LogP contribution in [0.15, 0.2) is 29.3 Å². The van der Waals surface area contributed by atoms with Crippen molar-refractivity contribution in [1.82, 2.24) is 14.7 Å². The molecule has 0 fully saturated rings. The molecule has 1 heterocycles. The molecule has 0 atom stereocenters. The molecule has 1 N–H and O–H groups in total. The van der Waals surface area contributed by atoms with Crippen molar-refractivity contribution in [2.75, 3.05) is 26.1 Å². The van der Waals surface area contributed by atoms with Gasteiger partial charge in [0, 0.05) is 20.3 Å². The minimum atomic E-state index is -3.65. The number of hydrogen-bond acceptors (Lipinski definition) is 6. The number of nitrogens with zero attached hydrogens (tertiary/aromatic N) is 3. The first kappa shape index (κ1) is 18.2. The summed E-state index contributed by atoms with van der Waals surface area (Å²) in [5.74, 6) is 1.20. The van der Waals surface area contributed by atoms with Gasteiger partial charge in [0.1, 0.15) is 5.75 Å². The number of methoxy groups -OCH3 is 1. The Kier molecular flexibility index (Phi) is 5.40. The van der Waals surface area contributed by atoms with Crippen LogP contribution in [-0.4, -0.2) is 39.6 Å². The summed E-state index contributed by atoms with van der Waals surface area (Å²) in [6.07, 6.45) is 1.61. The summed E-state index contributed by atoms with van der Waals surface area (Å²) in [5.41, 5.74) is 2.07. The molecule has 24 heavy (non-hydrogen) atoms. The quantitative estimate of drug-likeness (QED) is 0.853. The number of sulfonamides is 1. The number of ether oxygens (including phenoxy) is 1. The predicted octanol–water partition coefficient (Wildman–Crippen LogP) is 1.65. The minimum absolute atomic E-state index is 0.0935. The Morgan fingerprint density at radius 1 is 1.17 bits per heavy atom. The average molecular weight is 350 g/mol. The normalized spacial score (nSPS) is 11.4. The fourth-order valence-corrected chi connectivity index (χ4v) is 3.53. The summed E-state index contributed by atoms with van der Waals surface area (Å²) in [6, 6.07) is 4.89. The maximum Gasteiger partial charge on any atom is 0.241 e. The zero-order valence-electron chi connectivity index (χ0n) is 14.5. The number of rotatable bonds is 6. The van der Waals surface area contributed by atoms with Crippen molar-refractivity contribution in [3.05, 3.63) is 41.2 Å². The molecule has 0 radical (unpaired) electrons. The van der Waals surface area contributed by atoms with E-state index in [9.17, 15) is 8.42 Å². The second-order valence-electron chi connectivity index (χ2n) is 5.58. The van der Waals surface area contributed by atoms with Crippen molar-refractivity contribution >= 4 is 16.0 Å². The van der Waals surface area contributed by atoms with Crippen LogP contribution in [0.4, 0.5) is 5.95 Å². The zero-order chi connectivity index (χ0) is 17.9. The predicted molar refractivity (Wildman–Crippen MR) is 92.9 cm³/mol. The van der Waals surface area contributed by atoms with Gasteiger partial charge in [0.15, 0.2) is 0 Å². The van der Waals surface area contributed by atoms with Crippen LogP contribution in [-0.2, 0) is 16.6 Å². The maximum atomic E-state index is 12.6. The Hall–Kier alpha value is -2.19. The fourth-order valence-electron chi connectivity index (χ4n) is 2.23. The molecular formula is C16H22N4O3S. The molecule has 0 amide bonds. The molecule has 1 aromatic carbocycles. The molecule has 2 rings (SSSR count). The number of aromatic nitrogens is 2. The molecule has 0 aliphatic carbocycles. The lowest BCUT2D eigenvalue weighted by Crippen LogP contribution is -2.25. The van der Waals surface area contributed by atoms with Gasteiger partial charge in [-0.15, -0.1) is 0 Å². The van der Waals surface area contributed by atoms with Crippen molar-refractivity contribution in [3.63, 3.8) is 0 Å². The molecular weight excluding hydrogens is 328 g/mol. The molecule has 0 spiro atoms. The molecule has 2 aromatic rings. The van der Waals surface area contributed by atoms with E-state index in [1.165, 1.54) is 0 Å². The first-order valence-electron chi connectivity index (χ1n) is 7.39. The third kappa shape index (κ3) is 3.82. The Balaban J connectivity index is 2.23. The third-order valence-corrected chi connectivity index (χ3v) is 5.29. The Bertz CT molecular complexity index is 835. The molecule has 0 saturated carbocycles. The summed E-state index contributed by atoms with van der Waals surface area (Å²) in [5, 5.41) is 0. The highest BCUT2D eigenvalue weighted by atomic mass is 32.2. The van der Waals surface area contributed by atoms with Crippen LogP contribution >= 0.6 is 0 Å². The third-order valence-electron chi connectivity index (χ3n) is 3.74. The van der Waals surface area contributed by atoms with E-state index in [1.54, 1.807) is 43.3 Å². The standard InChI is InChI=1S/C16H22N4O3S/c1-11-12(2)15(7-6-14(11)23-5)24(21,22)18-10-13-8-9-17-16(19-13)20(3)4/h6-9,18H,10H2,1-5H3. The maximum absolute atomic E-state index is 12.6. The van der Waals surface area contributed by atoms with Crippen molar-refractivity contribution in [2.45, 2.75) is 25.3 Å². The monoisotopic (exact) mass is 350 g/mol. The van der Waals surface area contributed by atoms with Gasteiger partial charge in [-0.25, -0.2) is 23.1 Å². The van der Waals surface area contributed by atoms with E-state index in [-0.39, 0.29) is 11.4 Å². The molecule has 0 unspecified atom stereocenters. The first-order chi connectivity index (χ1) is 11.3. The van der Waals surface area contributed by atoms with E-state index in [4.69, 9.17) is 4.74 Å². The smallest absolute Gasteiger partial charge is 0.241 e. The van der Waals surface area contributed by atoms with Crippen molar-refractivity contribution in [3.8, 4) is 5.75 Å². The minimum Gasteiger partial charge on any atom is -0.496 e. The van der Waals surface area contributed by atoms with Gasteiger partial charge in [-0.05, 0) is 43.2 Å². The molecule has 8 heteroatoms. The van der Waals surface area contributed by atoms with Crippen LogP contribution in [0.5, 0.6) is 5.75 Å². The van der Waals surface area contributed by atoms with Crippen LogP contribution in [0.1, 0.15) is 16.8 Å². The highest BCUT2D eigenvalue weighted by Gasteiger charge is 2.19. The number of benzene rings is 1. The van der Waals surface area contributed by atoms with Gasteiger partial charge in [0.25, 0.3) is 0 Å². The van der Waals surface area contributed by atoms with Gasteiger partial charge < -0.3 is 9.64 Å². The lowest BCUT2D eigenvalue weighted by Gasteiger charge is -2.14. The number of anilines is 1. The zero-order valence-corrected chi connectivity index (χ0v) is 15.3. The summed E-state index contributed by atoms with van der Waals surface area (Å²) >= 11 is 0. The van der Waals surface area contributed by atoms with Gasteiger partial charge >= 0.3 is 0 Å². The molecule has 1 aromatic heterocycles. The van der Waals surface area contributed by atoms with Crippen molar-refractivity contribution < 1.29 is 13.2 Å². The summed E-state index contributed by atoms with van der Waals surface area (Å²) < 4.78 is 33.0. The second-order valence-corrected chi connectivity index (χ2v) is 7.32. The number of hydrogen-bond donors (Lipinski definition) is 1. The van der Waals surface area contributed by atoms with Crippen LogP contribution in [0.2, 0.25) is 0 Å². The van der Waals surface area contributed by atoms with E-state index in [0.29, 0.717) is 23.0 Å². The van der Waals surface area contributed by atoms with Gasteiger partial charge in [0.05, 0.1) is 24.2 Å². The Morgan fingerprint density at radius 2 is 1.88 bits per heavy atom. The van der Waals surface area contributed by atoms with E-state index in [2.05, 4.69) is 14.7 Å². The molecule has 7 nitrogen and oxygen atoms in total. The Labute approximate surface area is 142 Å². The van der Waals surface area contributed by atoms with Crippen LogP contribution in [0.25, 0.3) is 0 Å². The van der Waals surface area contributed by atoms with Crippen LogP contribution < -0.4 is 14.4 Å². The first-order valence-corrected chi connectivity index (χ1v) is 8.87. The highest BCUT2D eigenvalue weighted by molar-refractivity contribution is 7.89. The molecule has 0 saturated heterocycles. The lowest BCUT2D eigenvalue weighted by molar-refractivity contribution is 0.410. The van der Waals surface area contributed by atoms with Crippen molar-refractivity contribution in [1.29, 1.82) is 0 Å². The largest absolute Gasteiger partial charge is 0.496 e.